The van der Waals surface area contributed by atoms with Gasteiger partial charge in [0.1, 0.15) is 10.8 Å². The molecule has 3 rings (SSSR count). The van der Waals surface area contributed by atoms with Crippen molar-refractivity contribution < 1.29 is 18.7 Å². The Balaban J connectivity index is 1.77. The summed E-state index contributed by atoms with van der Waals surface area (Å²) in [6.07, 6.45) is 2.76. The molecule has 0 unspecified atom stereocenters. The SMILES string of the molecule is CCOC(=O)c1c(NC(=O)[C@H](C)N(C)Cc2cccc(F)c2)sc2c1CC[C@H](C)C2. The standard InChI is InChI=1S/C23H29FN2O3S/c1-5-29-23(28)20-18-10-9-14(2)11-19(18)30-22(20)25-21(27)15(3)26(4)13-16-7-6-8-17(24)12-16/h6-8,12,14-15H,5,9-11,13H2,1-4H3,(H,25,27)/t14-,15-/m0/s1. The minimum atomic E-state index is -0.457. The number of ether oxygens (including phenoxy) is 1. The predicted molar refractivity (Wildman–Crippen MR) is 117 cm³/mol. The van der Waals surface area contributed by atoms with Crippen LogP contribution in [0.3, 0.4) is 0 Å². The van der Waals surface area contributed by atoms with Gasteiger partial charge in [0.15, 0.2) is 0 Å². The zero-order valence-corrected chi connectivity index (χ0v) is 18.8. The maximum Gasteiger partial charge on any atom is 0.341 e. The van der Waals surface area contributed by atoms with Gasteiger partial charge in [0.2, 0.25) is 5.91 Å². The van der Waals surface area contributed by atoms with E-state index in [0.29, 0.717) is 29.6 Å². The first-order valence-electron chi connectivity index (χ1n) is 10.4. The monoisotopic (exact) mass is 432 g/mol. The number of benzene rings is 1. The maximum absolute atomic E-state index is 13.4. The summed E-state index contributed by atoms with van der Waals surface area (Å²) in [7, 11) is 1.82. The second-order valence-corrected chi connectivity index (χ2v) is 9.09. The molecule has 0 fully saturated rings. The largest absolute Gasteiger partial charge is 0.462 e. The van der Waals surface area contributed by atoms with Crippen molar-refractivity contribution in [3.8, 4) is 0 Å². The van der Waals surface area contributed by atoms with E-state index in [9.17, 15) is 14.0 Å². The molecule has 2 atom stereocenters. The number of rotatable bonds is 7. The van der Waals surface area contributed by atoms with E-state index in [0.717, 1.165) is 35.3 Å². The van der Waals surface area contributed by atoms with Gasteiger partial charge in [-0.1, -0.05) is 19.1 Å². The number of fused-ring (bicyclic) bond motifs is 1. The molecule has 162 valence electrons. The van der Waals surface area contributed by atoms with Gasteiger partial charge in [-0.2, -0.15) is 0 Å². The third kappa shape index (κ3) is 5.08. The number of nitrogens with one attached hydrogen (secondary N) is 1. The lowest BCUT2D eigenvalue weighted by Gasteiger charge is -2.24. The third-order valence-electron chi connectivity index (χ3n) is 5.59. The van der Waals surface area contributed by atoms with Gasteiger partial charge in [0, 0.05) is 11.4 Å². The van der Waals surface area contributed by atoms with Crippen LogP contribution >= 0.6 is 11.3 Å². The predicted octanol–water partition coefficient (Wildman–Crippen LogP) is 4.65. The Morgan fingerprint density at radius 1 is 1.40 bits per heavy atom. The summed E-state index contributed by atoms with van der Waals surface area (Å²) in [5.74, 6) is -0.312. The van der Waals surface area contributed by atoms with Gasteiger partial charge in [-0.05, 0) is 69.3 Å². The van der Waals surface area contributed by atoms with Crippen molar-refractivity contribution in [2.45, 2.75) is 52.6 Å². The molecule has 1 heterocycles. The summed E-state index contributed by atoms with van der Waals surface area (Å²) in [6.45, 7) is 6.51. The highest BCUT2D eigenvalue weighted by molar-refractivity contribution is 7.17. The van der Waals surface area contributed by atoms with E-state index >= 15 is 0 Å². The maximum atomic E-state index is 13.4. The molecule has 1 aliphatic rings. The van der Waals surface area contributed by atoms with Crippen molar-refractivity contribution in [3.63, 3.8) is 0 Å². The van der Waals surface area contributed by atoms with Crippen molar-refractivity contribution in [2.24, 2.45) is 5.92 Å². The normalized spacial score (nSPS) is 16.8. The van der Waals surface area contributed by atoms with Crippen LogP contribution < -0.4 is 5.32 Å². The molecule has 1 N–H and O–H groups in total. The van der Waals surface area contributed by atoms with E-state index in [-0.39, 0.29) is 17.7 Å². The van der Waals surface area contributed by atoms with E-state index in [1.54, 1.807) is 19.9 Å². The molecule has 0 saturated carbocycles. The highest BCUT2D eigenvalue weighted by Crippen LogP contribution is 2.40. The molecule has 0 saturated heterocycles. The number of esters is 1. The molecule has 30 heavy (non-hydrogen) atoms. The van der Waals surface area contributed by atoms with Crippen molar-refractivity contribution in [1.82, 2.24) is 4.90 Å². The van der Waals surface area contributed by atoms with Gasteiger partial charge < -0.3 is 10.1 Å². The molecule has 1 aliphatic carbocycles. The number of likely N-dealkylation sites (N-methyl/N-ethyl adjacent to an activating group) is 1. The van der Waals surface area contributed by atoms with Crippen LogP contribution in [0.5, 0.6) is 0 Å². The smallest absolute Gasteiger partial charge is 0.341 e. The highest BCUT2D eigenvalue weighted by atomic mass is 32.1. The molecule has 1 amide bonds. The summed E-state index contributed by atoms with van der Waals surface area (Å²) < 4.78 is 18.7. The van der Waals surface area contributed by atoms with Crippen molar-refractivity contribution in [3.05, 3.63) is 51.7 Å². The van der Waals surface area contributed by atoms with Crippen LogP contribution in [-0.2, 0) is 28.9 Å². The van der Waals surface area contributed by atoms with Gasteiger partial charge in [0.05, 0.1) is 18.2 Å². The molecular weight excluding hydrogens is 403 g/mol. The lowest BCUT2D eigenvalue weighted by molar-refractivity contribution is -0.120. The minimum Gasteiger partial charge on any atom is -0.462 e. The summed E-state index contributed by atoms with van der Waals surface area (Å²) in [4.78, 5) is 28.6. The molecule has 1 aromatic carbocycles. The minimum absolute atomic E-state index is 0.203. The Morgan fingerprint density at radius 2 is 2.17 bits per heavy atom. The zero-order chi connectivity index (χ0) is 21.8. The van der Waals surface area contributed by atoms with Crippen molar-refractivity contribution in [2.75, 3.05) is 19.0 Å². The summed E-state index contributed by atoms with van der Waals surface area (Å²) in [5.41, 5.74) is 2.33. The Labute approximate surface area is 181 Å². The van der Waals surface area contributed by atoms with Gasteiger partial charge in [0.25, 0.3) is 0 Å². The lowest BCUT2D eigenvalue weighted by Crippen LogP contribution is -2.39. The first-order valence-corrected chi connectivity index (χ1v) is 11.2. The van der Waals surface area contributed by atoms with Crippen molar-refractivity contribution in [1.29, 1.82) is 0 Å². The van der Waals surface area contributed by atoms with E-state index in [4.69, 9.17) is 4.74 Å². The first-order chi connectivity index (χ1) is 14.3. The molecule has 2 aromatic rings. The summed E-state index contributed by atoms with van der Waals surface area (Å²) in [6, 6.07) is 5.90. The number of anilines is 1. The number of carbonyl (C=O) groups excluding carboxylic acids is 2. The van der Waals surface area contributed by atoms with Crippen LogP contribution in [0.4, 0.5) is 9.39 Å². The Morgan fingerprint density at radius 3 is 2.87 bits per heavy atom. The number of nitrogens with zero attached hydrogens (tertiary/aromatic N) is 1. The fraction of sp³-hybridized carbons (Fsp3) is 0.478. The highest BCUT2D eigenvalue weighted by Gasteiger charge is 2.30. The summed E-state index contributed by atoms with van der Waals surface area (Å²) >= 11 is 1.48. The molecule has 5 nitrogen and oxygen atoms in total. The second kappa shape index (κ2) is 9.71. The molecular formula is C23H29FN2O3S. The van der Waals surface area contributed by atoms with Crippen LogP contribution in [0, 0.1) is 11.7 Å². The fourth-order valence-electron chi connectivity index (χ4n) is 3.73. The van der Waals surface area contributed by atoms with Gasteiger partial charge in [-0.25, -0.2) is 9.18 Å². The Hall–Kier alpha value is -2.25. The first kappa shape index (κ1) is 22.4. The number of thiophene rings is 1. The molecule has 0 radical (unpaired) electrons. The topological polar surface area (TPSA) is 58.6 Å². The van der Waals surface area contributed by atoms with Crippen LogP contribution in [-0.4, -0.2) is 36.5 Å². The Kier molecular flexibility index (Phi) is 7.26. The fourth-order valence-corrected chi connectivity index (χ4v) is 5.14. The number of halogens is 1. The number of carbonyl (C=O) groups is 2. The number of hydrogen-bond donors (Lipinski definition) is 1. The number of hydrogen-bond acceptors (Lipinski definition) is 5. The molecule has 0 aliphatic heterocycles. The van der Waals surface area contributed by atoms with Crippen molar-refractivity contribution >= 4 is 28.2 Å². The van der Waals surface area contributed by atoms with Gasteiger partial charge in [-0.3, -0.25) is 9.69 Å². The zero-order valence-electron chi connectivity index (χ0n) is 18.0. The van der Waals surface area contributed by atoms with Crippen LogP contribution in [0.1, 0.15) is 53.6 Å². The average Bonchev–Trinajstić information content (AvgIpc) is 3.04. The van der Waals surface area contributed by atoms with Gasteiger partial charge >= 0.3 is 5.97 Å². The summed E-state index contributed by atoms with van der Waals surface area (Å²) in [5, 5.41) is 3.54. The van der Waals surface area contributed by atoms with E-state index in [1.807, 2.05) is 18.0 Å². The Bertz CT molecular complexity index is 927. The average molecular weight is 433 g/mol. The lowest BCUT2D eigenvalue weighted by atomic mass is 9.88. The van der Waals surface area contributed by atoms with Gasteiger partial charge in [-0.15, -0.1) is 11.3 Å². The molecule has 1 aromatic heterocycles. The van der Waals surface area contributed by atoms with Crippen LogP contribution in [0.2, 0.25) is 0 Å². The van der Waals surface area contributed by atoms with Crippen LogP contribution in [0.15, 0.2) is 24.3 Å². The van der Waals surface area contributed by atoms with E-state index in [2.05, 4.69) is 12.2 Å². The number of amides is 1. The molecule has 0 bridgehead atoms. The third-order valence-corrected chi connectivity index (χ3v) is 6.76. The second-order valence-electron chi connectivity index (χ2n) is 7.99. The van der Waals surface area contributed by atoms with E-state index < -0.39 is 6.04 Å². The van der Waals surface area contributed by atoms with Crippen LogP contribution in [0.25, 0.3) is 0 Å². The van der Waals surface area contributed by atoms with E-state index in [1.165, 1.54) is 23.5 Å². The molecule has 0 spiro atoms. The quantitative estimate of drug-likeness (QED) is 0.647. The molecule has 7 heteroatoms.